The van der Waals surface area contributed by atoms with Crippen LogP contribution in [0.15, 0.2) is 72.8 Å². The Bertz CT molecular complexity index is 1480. The topological polar surface area (TPSA) is 86.8 Å². The molecule has 4 rings (SSSR count). The van der Waals surface area contributed by atoms with E-state index in [1.807, 2.05) is 61.5 Å². The van der Waals surface area contributed by atoms with Crippen molar-refractivity contribution in [1.82, 2.24) is 10.2 Å². The lowest BCUT2D eigenvalue weighted by molar-refractivity contribution is -0.140. The highest BCUT2D eigenvalue weighted by atomic mass is 35.5. The second-order valence-electron chi connectivity index (χ2n) is 10.9. The number of rotatable bonds is 11. The van der Waals surface area contributed by atoms with Gasteiger partial charge in [-0.2, -0.15) is 0 Å². The van der Waals surface area contributed by atoms with Gasteiger partial charge in [-0.25, -0.2) is 8.42 Å². The number of amides is 2. The molecular weight excluding hydrogens is 593 g/mol. The minimum absolute atomic E-state index is 0.0428. The number of sulfonamides is 1. The number of nitrogens with zero attached hydrogens (tertiary/aromatic N) is 2. The van der Waals surface area contributed by atoms with Gasteiger partial charge in [0.25, 0.3) is 0 Å². The van der Waals surface area contributed by atoms with Crippen LogP contribution in [-0.2, 0) is 32.6 Å². The van der Waals surface area contributed by atoms with Crippen molar-refractivity contribution in [3.8, 4) is 0 Å². The Hall–Kier alpha value is -3.07. The fourth-order valence-corrected chi connectivity index (χ4v) is 6.69. The summed E-state index contributed by atoms with van der Waals surface area (Å²) in [5, 5.41) is 3.64. The van der Waals surface area contributed by atoms with Gasteiger partial charge in [0.15, 0.2) is 0 Å². The summed E-state index contributed by atoms with van der Waals surface area (Å²) in [5.41, 5.74) is 2.92. The second-order valence-corrected chi connectivity index (χ2v) is 13.7. The SMILES string of the molecule is Cc1ccc(CN(C(=O)CN(c2ccc(Cl)cc2Cl)S(C)(=O)=O)[C@H](Cc2ccccc2)C(=O)NC2CCCCC2)cc1. The molecule has 224 valence electrons. The van der Waals surface area contributed by atoms with Gasteiger partial charge in [-0.05, 0) is 49.1 Å². The fraction of sp³-hybridized carbons (Fsp3) is 0.375. The largest absolute Gasteiger partial charge is 0.352 e. The molecule has 0 aliphatic heterocycles. The number of nitrogens with one attached hydrogen (secondary N) is 1. The number of carbonyl (C=O) groups is 2. The van der Waals surface area contributed by atoms with Gasteiger partial charge in [-0.15, -0.1) is 0 Å². The summed E-state index contributed by atoms with van der Waals surface area (Å²) in [7, 11) is -3.93. The molecule has 0 heterocycles. The molecule has 0 bridgehead atoms. The number of anilines is 1. The lowest BCUT2D eigenvalue weighted by atomic mass is 9.94. The third-order valence-corrected chi connectivity index (χ3v) is 9.22. The van der Waals surface area contributed by atoms with Crippen molar-refractivity contribution in [2.75, 3.05) is 17.1 Å². The van der Waals surface area contributed by atoms with Crippen molar-refractivity contribution in [2.45, 2.75) is 64.1 Å². The van der Waals surface area contributed by atoms with E-state index in [2.05, 4.69) is 5.32 Å². The first-order valence-electron chi connectivity index (χ1n) is 14.1. The van der Waals surface area contributed by atoms with Gasteiger partial charge >= 0.3 is 0 Å². The molecular formula is C32H37Cl2N3O4S. The molecule has 0 saturated heterocycles. The van der Waals surface area contributed by atoms with E-state index in [1.54, 1.807) is 0 Å². The van der Waals surface area contributed by atoms with E-state index in [0.29, 0.717) is 5.02 Å². The normalized spacial score (nSPS) is 14.7. The Morgan fingerprint density at radius 2 is 1.60 bits per heavy atom. The van der Waals surface area contributed by atoms with Crippen LogP contribution in [-0.4, -0.2) is 50.0 Å². The standard InChI is InChI=1S/C32H37Cl2N3O4S/c1-23-13-15-25(16-14-23)21-36(31(38)22-37(42(2,40)41)29-18-17-26(33)20-28(29)34)30(19-24-9-5-3-6-10-24)32(39)35-27-11-7-4-8-12-27/h3,5-6,9-10,13-18,20,27,30H,4,7-8,11-12,19,21-22H2,1-2H3,(H,35,39)/t30-/m1/s1. The summed E-state index contributed by atoms with van der Waals surface area (Å²) in [6.45, 7) is 1.57. The quantitative estimate of drug-likeness (QED) is 0.275. The highest BCUT2D eigenvalue weighted by Gasteiger charge is 2.34. The monoisotopic (exact) mass is 629 g/mol. The Kier molecular flexibility index (Phi) is 10.9. The molecule has 1 N–H and O–H groups in total. The summed E-state index contributed by atoms with van der Waals surface area (Å²) in [6, 6.07) is 20.9. The smallest absolute Gasteiger partial charge is 0.244 e. The average Bonchev–Trinajstić information content (AvgIpc) is 2.95. The highest BCUT2D eigenvalue weighted by molar-refractivity contribution is 7.92. The van der Waals surface area contributed by atoms with Gasteiger partial charge in [0.05, 0.1) is 17.0 Å². The summed E-state index contributed by atoms with van der Waals surface area (Å²) >= 11 is 12.4. The number of benzene rings is 3. The zero-order chi connectivity index (χ0) is 30.3. The maximum absolute atomic E-state index is 14.2. The van der Waals surface area contributed by atoms with Crippen LogP contribution in [0.3, 0.4) is 0 Å². The lowest BCUT2D eigenvalue weighted by Crippen LogP contribution is -2.55. The van der Waals surface area contributed by atoms with Crippen LogP contribution in [0, 0.1) is 6.92 Å². The maximum atomic E-state index is 14.2. The van der Waals surface area contributed by atoms with Crippen molar-refractivity contribution in [2.24, 2.45) is 0 Å². The molecule has 1 saturated carbocycles. The Morgan fingerprint density at radius 3 is 2.21 bits per heavy atom. The molecule has 3 aromatic rings. The molecule has 2 amide bonds. The number of halogens is 2. The highest BCUT2D eigenvalue weighted by Crippen LogP contribution is 2.31. The third-order valence-electron chi connectivity index (χ3n) is 7.55. The molecule has 1 aliphatic carbocycles. The van der Waals surface area contributed by atoms with Gasteiger partial charge in [0, 0.05) is 24.0 Å². The van der Waals surface area contributed by atoms with E-state index in [1.165, 1.54) is 23.1 Å². The van der Waals surface area contributed by atoms with Crippen molar-refractivity contribution < 1.29 is 18.0 Å². The summed E-state index contributed by atoms with van der Waals surface area (Å²) in [5.74, 6) is -0.770. The first-order valence-corrected chi connectivity index (χ1v) is 16.7. The van der Waals surface area contributed by atoms with E-state index in [0.717, 1.165) is 59.4 Å². The van der Waals surface area contributed by atoms with Crippen LogP contribution in [0.2, 0.25) is 10.0 Å². The van der Waals surface area contributed by atoms with Crippen molar-refractivity contribution >= 4 is 50.7 Å². The molecule has 1 fully saturated rings. The van der Waals surface area contributed by atoms with Crippen molar-refractivity contribution in [1.29, 1.82) is 0 Å². The van der Waals surface area contributed by atoms with Crippen LogP contribution in [0.1, 0.15) is 48.8 Å². The molecule has 10 heteroatoms. The molecule has 1 aliphatic rings. The van der Waals surface area contributed by atoms with E-state index < -0.39 is 28.5 Å². The summed E-state index contributed by atoms with van der Waals surface area (Å²) in [4.78, 5) is 29.7. The third kappa shape index (κ3) is 8.72. The predicted molar refractivity (Wildman–Crippen MR) is 169 cm³/mol. The molecule has 0 aromatic heterocycles. The minimum Gasteiger partial charge on any atom is -0.352 e. The molecule has 1 atom stereocenters. The number of aryl methyl sites for hydroxylation is 1. The Morgan fingerprint density at radius 1 is 0.929 bits per heavy atom. The Balaban J connectivity index is 1.73. The number of carbonyl (C=O) groups excluding carboxylic acids is 2. The molecule has 0 unspecified atom stereocenters. The van der Waals surface area contributed by atoms with E-state index in [9.17, 15) is 18.0 Å². The molecule has 3 aromatic carbocycles. The van der Waals surface area contributed by atoms with Crippen LogP contribution in [0.4, 0.5) is 5.69 Å². The summed E-state index contributed by atoms with van der Waals surface area (Å²) < 4.78 is 26.9. The summed E-state index contributed by atoms with van der Waals surface area (Å²) in [6.07, 6.45) is 6.33. The molecule has 42 heavy (non-hydrogen) atoms. The van der Waals surface area contributed by atoms with Gasteiger partial charge in [-0.1, -0.05) is 103 Å². The number of hydrogen-bond acceptors (Lipinski definition) is 4. The van der Waals surface area contributed by atoms with Crippen molar-refractivity contribution in [3.63, 3.8) is 0 Å². The van der Waals surface area contributed by atoms with E-state index >= 15 is 0 Å². The van der Waals surface area contributed by atoms with Gasteiger partial charge in [-0.3, -0.25) is 13.9 Å². The maximum Gasteiger partial charge on any atom is 0.244 e. The minimum atomic E-state index is -3.93. The Labute approximate surface area is 258 Å². The first-order chi connectivity index (χ1) is 20.0. The van der Waals surface area contributed by atoms with E-state index in [-0.39, 0.29) is 35.6 Å². The van der Waals surface area contributed by atoms with Gasteiger partial charge in [0.1, 0.15) is 12.6 Å². The molecule has 7 nitrogen and oxygen atoms in total. The van der Waals surface area contributed by atoms with Crippen LogP contribution in [0.5, 0.6) is 0 Å². The van der Waals surface area contributed by atoms with Crippen molar-refractivity contribution in [3.05, 3.63) is 99.5 Å². The predicted octanol–water partition coefficient (Wildman–Crippen LogP) is 6.16. The first kappa shape index (κ1) is 31.9. The van der Waals surface area contributed by atoms with Crippen LogP contribution < -0.4 is 9.62 Å². The zero-order valence-corrected chi connectivity index (χ0v) is 26.3. The van der Waals surface area contributed by atoms with Gasteiger partial charge in [0.2, 0.25) is 21.8 Å². The average molecular weight is 631 g/mol. The lowest BCUT2D eigenvalue weighted by Gasteiger charge is -2.35. The van der Waals surface area contributed by atoms with Gasteiger partial charge < -0.3 is 10.2 Å². The van der Waals surface area contributed by atoms with Crippen LogP contribution in [0.25, 0.3) is 0 Å². The number of hydrogen-bond donors (Lipinski definition) is 1. The van der Waals surface area contributed by atoms with Crippen LogP contribution >= 0.6 is 23.2 Å². The zero-order valence-electron chi connectivity index (χ0n) is 23.9. The van der Waals surface area contributed by atoms with E-state index in [4.69, 9.17) is 23.2 Å². The fourth-order valence-electron chi connectivity index (χ4n) is 5.27. The second kappa shape index (κ2) is 14.4. The molecule has 0 radical (unpaired) electrons. The molecule has 0 spiro atoms.